The van der Waals surface area contributed by atoms with Crippen molar-refractivity contribution >= 4 is 11.9 Å². The van der Waals surface area contributed by atoms with E-state index in [1.807, 2.05) is 18.2 Å². The van der Waals surface area contributed by atoms with Crippen molar-refractivity contribution in [3.63, 3.8) is 0 Å². The lowest BCUT2D eigenvalue weighted by molar-refractivity contribution is -0.140. The molecule has 1 aliphatic heterocycles. The number of amides is 1. The van der Waals surface area contributed by atoms with Crippen molar-refractivity contribution in [1.82, 2.24) is 4.90 Å². The Morgan fingerprint density at radius 3 is 2.41 bits per heavy atom. The second-order valence-corrected chi connectivity index (χ2v) is 6.40. The molecule has 0 radical (unpaired) electrons. The highest BCUT2D eigenvalue weighted by Crippen LogP contribution is 2.28. The van der Waals surface area contributed by atoms with Gasteiger partial charge < -0.3 is 19.1 Å². The number of carbonyl (C=O) groups excluding carboxylic acids is 2. The Morgan fingerprint density at radius 2 is 1.70 bits per heavy atom. The number of rotatable bonds is 5. The number of esters is 1. The van der Waals surface area contributed by atoms with E-state index >= 15 is 0 Å². The van der Waals surface area contributed by atoms with Crippen LogP contribution in [0.3, 0.4) is 0 Å². The Balaban J connectivity index is 1.65. The zero-order valence-electron chi connectivity index (χ0n) is 15.7. The Labute approximate surface area is 158 Å². The largest absolute Gasteiger partial charge is 0.493 e. The van der Waals surface area contributed by atoms with Crippen LogP contribution in [0.1, 0.15) is 28.4 Å². The number of fused-ring (bicyclic) bond motifs is 1. The molecule has 0 fully saturated rings. The molecule has 6 heteroatoms. The highest BCUT2D eigenvalue weighted by Gasteiger charge is 2.27. The standard InChI is InChI=1S/C21H23NO5/c1-14(20(23)22-11-10-15-6-4-5-7-17(15)13-22)27-21(24)16-8-9-18(25-2)19(12-16)26-3/h4-9,12,14H,10-11,13H2,1-3H3/t14-/m1/s1. The van der Waals surface area contributed by atoms with E-state index in [-0.39, 0.29) is 5.91 Å². The van der Waals surface area contributed by atoms with Gasteiger partial charge in [0.15, 0.2) is 17.6 Å². The minimum atomic E-state index is -0.865. The third kappa shape index (κ3) is 4.05. The summed E-state index contributed by atoms with van der Waals surface area (Å²) in [4.78, 5) is 26.9. The molecule has 0 unspecified atom stereocenters. The van der Waals surface area contributed by atoms with Crippen molar-refractivity contribution in [1.29, 1.82) is 0 Å². The smallest absolute Gasteiger partial charge is 0.339 e. The summed E-state index contributed by atoms with van der Waals surface area (Å²) in [6.45, 7) is 2.75. The minimum absolute atomic E-state index is 0.196. The van der Waals surface area contributed by atoms with Gasteiger partial charge in [0.1, 0.15) is 0 Å². The molecule has 0 saturated carbocycles. The number of ether oxygens (including phenoxy) is 3. The summed E-state index contributed by atoms with van der Waals surface area (Å²) in [7, 11) is 3.01. The summed E-state index contributed by atoms with van der Waals surface area (Å²) < 4.78 is 15.7. The number of hydrogen-bond acceptors (Lipinski definition) is 5. The minimum Gasteiger partial charge on any atom is -0.493 e. The first-order valence-electron chi connectivity index (χ1n) is 8.82. The van der Waals surface area contributed by atoms with E-state index in [2.05, 4.69) is 6.07 Å². The second kappa shape index (κ2) is 8.12. The summed E-state index contributed by atoms with van der Waals surface area (Å²) in [6.07, 6.45) is -0.0611. The van der Waals surface area contributed by atoms with Crippen LogP contribution in [0.5, 0.6) is 11.5 Å². The van der Waals surface area contributed by atoms with Crippen LogP contribution in [0.4, 0.5) is 0 Å². The van der Waals surface area contributed by atoms with Crippen molar-refractivity contribution in [2.24, 2.45) is 0 Å². The van der Waals surface area contributed by atoms with E-state index in [1.165, 1.54) is 25.8 Å². The van der Waals surface area contributed by atoms with Crippen LogP contribution in [0.2, 0.25) is 0 Å². The zero-order chi connectivity index (χ0) is 19.4. The fraction of sp³-hybridized carbons (Fsp3) is 0.333. The average molecular weight is 369 g/mol. The van der Waals surface area contributed by atoms with Gasteiger partial charge in [-0.25, -0.2) is 4.79 Å². The molecule has 0 aromatic heterocycles. The zero-order valence-corrected chi connectivity index (χ0v) is 15.7. The topological polar surface area (TPSA) is 65.1 Å². The number of hydrogen-bond donors (Lipinski definition) is 0. The van der Waals surface area contributed by atoms with Crippen LogP contribution in [-0.4, -0.2) is 43.6 Å². The van der Waals surface area contributed by atoms with Crippen molar-refractivity contribution < 1.29 is 23.8 Å². The van der Waals surface area contributed by atoms with Gasteiger partial charge in [-0.1, -0.05) is 24.3 Å². The lowest BCUT2D eigenvalue weighted by Crippen LogP contribution is -2.42. The van der Waals surface area contributed by atoms with Crippen molar-refractivity contribution in [3.8, 4) is 11.5 Å². The van der Waals surface area contributed by atoms with E-state index in [1.54, 1.807) is 24.0 Å². The Hall–Kier alpha value is -3.02. The molecule has 1 atom stereocenters. The van der Waals surface area contributed by atoms with Gasteiger partial charge in [0.05, 0.1) is 19.8 Å². The first-order chi connectivity index (χ1) is 13.0. The van der Waals surface area contributed by atoms with E-state index < -0.39 is 12.1 Å². The second-order valence-electron chi connectivity index (χ2n) is 6.40. The molecule has 0 saturated heterocycles. The fourth-order valence-electron chi connectivity index (χ4n) is 3.18. The van der Waals surface area contributed by atoms with Gasteiger partial charge in [-0.05, 0) is 42.7 Å². The molecule has 3 rings (SSSR count). The average Bonchev–Trinajstić information content (AvgIpc) is 2.72. The summed E-state index contributed by atoms with van der Waals surface area (Å²) >= 11 is 0. The molecule has 0 N–H and O–H groups in total. The maximum atomic E-state index is 12.7. The SMILES string of the molecule is COc1ccc(C(=O)O[C@H](C)C(=O)N2CCc3ccccc3C2)cc1OC. The Kier molecular flexibility index (Phi) is 5.64. The maximum Gasteiger partial charge on any atom is 0.339 e. The summed E-state index contributed by atoms with van der Waals surface area (Å²) in [5.74, 6) is 0.177. The van der Waals surface area contributed by atoms with Crippen LogP contribution in [0.15, 0.2) is 42.5 Å². The molecule has 1 aliphatic rings. The monoisotopic (exact) mass is 369 g/mol. The van der Waals surface area contributed by atoms with Crippen LogP contribution in [0.25, 0.3) is 0 Å². The predicted octanol–water partition coefficient (Wildman–Crippen LogP) is 2.83. The van der Waals surface area contributed by atoms with E-state index in [4.69, 9.17) is 14.2 Å². The van der Waals surface area contributed by atoms with Crippen LogP contribution >= 0.6 is 0 Å². The number of nitrogens with zero attached hydrogens (tertiary/aromatic N) is 1. The van der Waals surface area contributed by atoms with Gasteiger partial charge in [-0.15, -0.1) is 0 Å². The van der Waals surface area contributed by atoms with E-state index in [0.717, 1.165) is 12.0 Å². The summed E-state index contributed by atoms with van der Waals surface area (Å²) in [5.41, 5.74) is 2.70. The van der Waals surface area contributed by atoms with Crippen molar-refractivity contribution in [3.05, 3.63) is 59.2 Å². The first kappa shape index (κ1) is 18.8. The van der Waals surface area contributed by atoms with E-state index in [0.29, 0.717) is 30.2 Å². The number of benzene rings is 2. The van der Waals surface area contributed by atoms with Crippen LogP contribution < -0.4 is 9.47 Å². The van der Waals surface area contributed by atoms with Gasteiger partial charge in [-0.2, -0.15) is 0 Å². The van der Waals surface area contributed by atoms with Crippen LogP contribution in [-0.2, 0) is 22.5 Å². The lowest BCUT2D eigenvalue weighted by atomic mass is 9.99. The van der Waals surface area contributed by atoms with Crippen molar-refractivity contribution in [2.75, 3.05) is 20.8 Å². The molecule has 2 aromatic rings. The molecule has 1 heterocycles. The highest BCUT2D eigenvalue weighted by atomic mass is 16.5. The third-order valence-electron chi connectivity index (χ3n) is 4.69. The van der Waals surface area contributed by atoms with Gasteiger partial charge in [0, 0.05) is 13.1 Å². The Morgan fingerprint density at radius 1 is 1.00 bits per heavy atom. The molecular formula is C21H23NO5. The molecule has 142 valence electrons. The van der Waals surface area contributed by atoms with Gasteiger partial charge in [0.25, 0.3) is 5.91 Å². The predicted molar refractivity (Wildman–Crippen MR) is 100.0 cm³/mol. The maximum absolute atomic E-state index is 12.7. The quantitative estimate of drug-likeness (QED) is 0.759. The third-order valence-corrected chi connectivity index (χ3v) is 4.69. The van der Waals surface area contributed by atoms with Gasteiger partial charge in [-0.3, -0.25) is 4.79 Å². The molecular weight excluding hydrogens is 346 g/mol. The molecule has 0 bridgehead atoms. The van der Waals surface area contributed by atoms with Gasteiger partial charge in [0.2, 0.25) is 0 Å². The first-order valence-corrected chi connectivity index (χ1v) is 8.82. The molecule has 1 amide bonds. The Bertz CT molecular complexity index is 848. The molecule has 6 nitrogen and oxygen atoms in total. The molecule has 27 heavy (non-hydrogen) atoms. The molecule has 2 aromatic carbocycles. The summed E-state index contributed by atoms with van der Waals surface area (Å²) in [6, 6.07) is 12.8. The highest BCUT2D eigenvalue weighted by molar-refractivity contribution is 5.93. The normalized spacial score (nSPS) is 14.1. The molecule has 0 aliphatic carbocycles. The lowest BCUT2D eigenvalue weighted by Gasteiger charge is -2.30. The van der Waals surface area contributed by atoms with Gasteiger partial charge >= 0.3 is 5.97 Å². The van der Waals surface area contributed by atoms with Crippen molar-refractivity contribution in [2.45, 2.75) is 26.0 Å². The molecule has 0 spiro atoms. The fourth-order valence-corrected chi connectivity index (χ4v) is 3.18. The van der Waals surface area contributed by atoms with E-state index in [9.17, 15) is 9.59 Å². The number of carbonyl (C=O) groups is 2. The number of methoxy groups -OCH3 is 2. The summed E-state index contributed by atoms with van der Waals surface area (Å²) in [5, 5.41) is 0. The van der Waals surface area contributed by atoms with Crippen LogP contribution in [0, 0.1) is 0 Å².